The lowest BCUT2D eigenvalue weighted by Gasteiger charge is -2.10. The molecule has 122 valence electrons. The number of carboxylic acids is 1. The second-order valence-corrected chi connectivity index (χ2v) is 5.50. The molecule has 0 aliphatic carbocycles. The fourth-order valence-corrected chi connectivity index (χ4v) is 2.81. The predicted molar refractivity (Wildman–Crippen MR) is 84.5 cm³/mol. The summed E-state index contributed by atoms with van der Waals surface area (Å²) in [6, 6.07) is 5.10. The number of carboxylic acid groups (broad SMARTS) is 1. The number of benzene rings is 1. The van der Waals surface area contributed by atoms with Crippen molar-refractivity contribution in [2.24, 2.45) is 0 Å². The maximum atomic E-state index is 12.1. The molecule has 2 amide bonds. The van der Waals surface area contributed by atoms with Crippen LogP contribution in [0.1, 0.15) is 12.5 Å². The van der Waals surface area contributed by atoms with E-state index in [1.165, 1.54) is 13.2 Å². The number of rotatable bonds is 6. The lowest BCUT2D eigenvalue weighted by Crippen LogP contribution is -2.33. The van der Waals surface area contributed by atoms with Crippen molar-refractivity contribution >= 4 is 35.0 Å². The molecule has 8 heteroatoms. The summed E-state index contributed by atoms with van der Waals surface area (Å²) in [5.74, 6) is -0.775. The predicted octanol–water partition coefficient (Wildman–Crippen LogP) is 2.21. The fourth-order valence-electron chi connectivity index (χ4n) is 1.97. The molecule has 0 spiro atoms. The molecule has 1 heterocycles. The first-order valence-corrected chi connectivity index (χ1v) is 7.56. The highest BCUT2D eigenvalue weighted by atomic mass is 32.2. The lowest BCUT2D eigenvalue weighted by molar-refractivity contribution is -0.140. The van der Waals surface area contributed by atoms with E-state index in [0.29, 0.717) is 40.3 Å². The Bertz CT molecular complexity index is 685. The van der Waals surface area contributed by atoms with Crippen LogP contribution in [0, 0.1) is 0 Å². The SMILES string of the molecule is CCOc1ccc(C=C2SC(=O)N(CC(=O)O)C2=O)cc1OC. The molecule has 7 nitrogen and oxygen atoms in total. The maximum absolute atomic E-state index is 12.1. The van der Waals surface area contributed by atoms with Gasteiger partial charge in [0.05, 0.1) is 18.6 Å². The van der Waals surface area contributed by atoms with Crippen LogP contribution in [-0.2, 0) is 9.59 Å². The molecule has 1 aliphatic heterocycles. The van der Waals surface area contributed by atoms with Gasteiger partial charge in [-0.15, -0.1) is 0 Å². The second-order valence-electron chi connectivity index (χ2n) is 4.50. The Hall–Kier alpha value is -2.48. The third-order valence-corrected chi connectivity index (χ3v) is 3.86. The summed E-state index contributed by atoms with van der Waals surface area (Å²) in [5.41, 5.74) is 0.645. The number of carbonyl (C=O) groups excluding carboxylic acids is 2. The Balaban J connectivity index is 2.26. The van der Waals surface area contributed by atoms with Crippen LogP contribution < -0.4 is 9.47 Å². The molecular weight excluding hydrogens is 322 g/mol. The van der Waals surface area contributed by atoms with Gasteiger partial charge in [-0.1, -0.05) is 6.07 Å². The highest BCUT2D eigenvalue weighted by Crippen LogP contribution is 2.34. The van der Waals surface area contributed by atoms with Crippen molar-refractivity contribution in [3.63, 3.8) is 0 Å². The fraction of sp³-hybridized carbons (Fsp3) is 0.267. The van der Waals surface area contributed by atoms with Crippen molar-refractivity contribution in [3.8, 4) is 11.5 Å². The molecule has 2 rings (SSSR count). The van der Waals surface area contributed by atoms with Gasteiger partial charge in [-0.3, -0.25) is 19.3 Å². The summed E-state index contributed by atoms with van der Waals surface area (Å²) in [6.45, 7) is 1.70. The van der Waals surface area contributed by atoms with Crippen LogP contribution in [0.3, 0.4) is 0 Å². The van der Waals surface area contributed by atoms with Crippen LogP contribution in [0.4, 0.5) is 4.79 Å². The van der Waals surface area contributed by atoms with Crippen LogP contribution in [0.25, 0.3) is 6.08 Å². The van der Waals surface area contributed by atoms with Crippen molar-refractivity contribution in [1.82, 2.24) is 4.90 Å². The molecule has 0 saturated carbocycles. The third kappa shape index (κ3) is 3.84. The van der Waals surface area contributed by atoms with Crippen molar-refractivity contribution in [1.29, 1.82) is 0 Å². The standard InChI is InChI=1S/C15H15NO6S/c1-3-22-10-5-4-9(6-11(10)21-2)7-12-14(19)16(8-13(17)18)15(20)23-12/h4-7H,3,8H2,1-2H3,(H,17,18). The summed E-state index contributed by atoms with van der Waals surface area (Å²) < 4.78 is 10.6. The molecule has 1 aromatic carbocycles. The van der Waals surface area contributed by atoms with Gasteiger partial charge in [0.15, 0.2) is 11.5 Å². The molecule has 0 radical (unpaired) electrons. The lowest BCUT2D eigenvalue weighted by atomic mass is 10.2. The Kier molecular flexibility index (Phi) is 5.28. The normalized spacial score (nSPS) is 16.1. The minimum absolute atomic E-state index is 0.169. The van der Waals surface area contributed by atoms with Crippen LogP contribution in [0.2, 0.25) is 0 Å². The van der Waals surface area contributed by atoms with Crippen molar-refractivity contribution < 1.29 is 29.0 Å². The average molecular weight is 337 g/mol. The molecule has 0 aromatic heterocycles. The number of imide groups is 1. The second kappa shape index (κ2) is 7.19. The van der Waals surface area contributed by atoms with Gasteiger partial charge >= 0.3 is 5.97 Å². The number of aliphatic carboxylic acids is 1. The van der Waals surface area contributed by atoms with E-state index in [1.807, 2.05) is 6.92 Å². The zero-order valence-corrected chi connectivity index (χ0v) is 13.4. The first-order valence-electron chi connectivity index (χ1n) is 6.74. The van der Waals surface area contributed by atoms with Crippen LogP contribution >= 0.6 is 11.8 Å². The molecule has 0 unspecified atom stereocenters. The van der Waals surface area contributed by atoms with Gasteiger partial charge in [-0.25, -0.2) is 0 Å². The summed E-state index contributed by atoms with van der Waals surface area (Å²) >= 11 is 0.710. The Labute approximate surface area is 136 Å². The van der Waals surface area contributed by atoms with Gasteiger partial charge in [0, 0.05) is 0 Å². The van der Waals surface area contributed by atoms with E-state index in [9.17, 15) is 14.4 Å². The number of carbonyl (C=O) groups is 3. The Morgan fingerprint density at radius 3 is 2.70 bits per heavy atom. The van der Waals surface area contributed by atoms with Crippen LogP contribution in [0.15, 0.2) is 23.1 Å². The molecular formula is C15H15NO6S. The molecule has 1 saturated heterocycles. The molecule has 1 aliphatic rings. The zero-order chi connectivity index (χ0) is 17.0. The topological polar surface area (TPSA) is 93.1 Å². The van der Waals surface area contributed by atoms with Crippen molar-refractivity contribution in [3.05, 3.63) is 28.7 Å². The Morgan fingerprint density at radius 2 is 2.09 bits per heavy atom. The minimum Gasteiger partial charge on any atom is -0.493 e. The monoisotopic (exact) mass is 337 g/mol. The van der Waals surface area contributed by atoms with Gasteiger partial charge in [-0.2, -0.15) is 0 Å². The van der Waals surface area contributed by atoms with Gasteiger partial charge < -0.3 is 14.6 Å². The van der Waals surface area contributed by atoms with Gasteiger partial charge in [0.2, 0.25) is 0 Å². The highest BCUT2D eigenvalue weighted by molar-refractivity contribution is 8.18. The smallest absolute Gasteiger partial charge is 0.323 e. The van der Waals surface area contributed by atoms with Crippen molar-refractivity contribution in [2.75, 3.05) is 20.3 Å². The Morgan fingerprint density at radius 1 is 1.35 bits per heavy atom. The number of thioether (sulfide) groups is 1. The largest absolute Gasteiger partial charge is 0.493 e. The van der Waals surface area contributed by atoms with E-state index in [1.54, 1.807) is 18.2 Å². The molecule has 0 bridgehead atoms. The molecule has 0 atom stereocenters. The number of nitrogens with zero attached hydrogens (tertiary/aromatic N) is 1. The quantitative estimate of drug-likeness (QED) is 0.795. The van der Waals surface area contributed by atoms with Crippen LogP contribution in [-0.4, -0.2) is 47.4 Å². The third-order valence-electron chi connectivity index (χ3n) is 2.95. The molecule has 23 heavy (non-hydrogen) atoms. The number of methoxy groups -OCH3 is 1. The summed E-state index contributed by atoms with van der Waals surface area (Å²) in [7, 11) is 1.50. The molecule has 1 N–H and O–H groups in total. The van der Waals surface area contributed by atoms with E-state index >= 15 is 0 Å². The van der Waals surface area contributed by atoms with E-state index in [-0.39, 0.29) is 4.91 Å². The van der Waals surface area contributed by atoms with E-state index in [0.717, 1.165) is 0 Å². The van der Waals surface area contributed by atoms with E-state index in [4.69, 9.17) is 14.6 Å². The highest BCUT2D eigenvalue weighted by Gasteiger charge is 2.36. The summed E-state index contributed by atoms with van der Waals surface area (Å²) in [6.07, 6.45) is 1.52. The number of hydrogen-bond acceptors (Lipinski definition) is 6. The summed E-state index contributed by atoms with van der Waals surface area (Å²) in [5, 5.41) is 8.13. The van der Waals surface area contributed by atoms with E-state index in [2.05, 4.69) is 0 Å². The number of ether oxygens (including phenoxy) is 2. The van der Waals surface area contributed by atoms with Crippen LogP contribution in [0.5, 0.6) is 11.5 Å². The minimum atomic E-state index is -1.24. The van der Waals surface area contributed by atoms with E-state index < -0.39 is 23.7 Å². The average Bonchev–Trinajstić information content (AvgIpc) is 2.76. The van der Waals surface area contributed by atoms with Crippen molar-refractivity contribution in [2.45, 2.75) is 6.92 Å². The first-order chi connectivity index (χ1) is 11.0. The maximum Gasteiger partial charge on any atom is 0.323 e. The number of amides is 2. The first kappa shape index (κ1) is 16.9. The molecule has 1 fully saturated rings. The van der Waals surface area contributed by atoms with Gasteiger partial charge in [0.1, 0.15) is 6.54 Å². The zero-order valence-electron chi connectivity index (χ0n) is 12.6. The number of hydrogen-bond donors (Lipinski definition) is 1. The van der Waals surface area contributed by atoms with Gasteiger partial charge in [0.25, 0.3) is 11.1 Å². The molecule has 1 aromatic rings. The summed E-state index contributed by atoms with van der Waals surface area (Å²) in [4.78, 5) is 35.3. The van der Waals surface area contributed by atoms with Gasteiger partial charge in [-0.05, 0) is 42.5 Å².